The third-order valence-electron chi connectivity index (χ3n) is 0.639. The number of halogens is 3. The fourth-order valence-electron chi connectivity index (χ4n) is 0.286. The number of hydrogen-bond donors (Lipinski definition) is 1. The van der Waals surface area contributed by atoms with Crippen LogP contribution in [0.4, 0.5) is 13.2 Å². The molecule has 0 saturated heterocycles. The number of nitrogens with zero attached hydrogens (tertiary/aromatic N) is 1. The molecule has 0 atom stereocenters. The minimum Gasteiger partial charge on any atom is -0.232 e. The van der Waals surface area contributed by atoms with Crippen molar-refractivity contribution in [1.29, 1.82) is 0 Å². The predicted molar refractivity (Wildman–Crippen MR) is 32.8 cm³/mol. The molecule has 0 aromatic carbocycles. The van der Waals surface area contributed by atoms with Gasteiger partial charge in [0, 0.05) is 12.6 Å². The molecule has 54 valence electrons. The second-order valence-electron chi connectivity index (χ2n) is 1.45. The molecule has 0 aliphatic heterocycles. The lowest BCUT2D eigenvalue weighted by Gasteiger charge is -2.00. The standard InChI is InChI=1S/C4H6F3NS/c5-4(6,7)2-1-3-8-9/h3,9H,1-2H2/b8-3+. The normalized spacial score (nSPS) is 12.9. The van der Waals surface area contributed by atoms with Crippen LogP contribution in [0.15, 0.2) is 4.40 Å². The Labute approximate surface area is 56.5 Å². The molecular weight excluding hydrogens is 151 g/mol. The van der Waals surface area contributed by atoms with E-state index in [4.69, 9.17) is 0 Å². The van der Waals surface area contributed by atoms with E-state index in [1.54, 1.807) is 0 Å². The minimum atomic E-state index is -4.07. The topological polar surface area (TPSA) is 12.4 Å². The first kappa shape index (κ1) is 8.81. The van der Waals surface area contributed by atoms with Gasteiger partial charge in [0.25, 0.3) is 0 Å². The van der Waals surface area contributed by atoms with Crippen LogP contribution in [0.1, 0.15) is 12.8 Å². The van der Waals surface area contributed by atoms with Crippen molar-refractivity contribution in [3.8, 4) is 0 Å². The van der Waals surface area contributed by atoms with E-state index in [0.717, 1.165) is 6.21 Å². The van der Waals surface area contributed by atoms with Gasteiger partial charge in [0.05, 0.1) is 0 Å². The van der Waals surface area contributed by atoms with Crippen LogP contribution in [-0.2, 0) is 0 Å². The van der Waals surface area contributed by atoms with Crippen molar-refractivity contribution in [3.05, 3.63) is 0 Å². The zero-order chi connectivity index (χ0) is 7.33. The van der Waals surface area contributed by atoms with Gasteiger partial charge in [-0.15, -0.1) is 0 Å². The second kappa shape index (κ2) is 3.76. The van der Waals surface area contributed by atoms with Crippen LogP contribution in [0.2, 0.25) is 0 Å². The van der Waals surface area contributed by atoms with Crippen LogP contribution in [0, 0.1) is 0 Å². The van der Waals surface area contributed by atoms with Crippen molar-refractivity contribution < 1.29 is 13.2 Å². The molecule has 0 aliphatic carbocycles. The maximum atomic E-state index is 11.3. The van der Waals surface area contributed by atoms with E-state index >= 15 is 0 Å². The van der Waals surface area contributed by atoms with Gasteiger partial charge in [-0.25, -0.2) is 4.40 Å². The van der Waals surface area contributed by atoms with Crippen molar-refractivity contribution in [2.45, 2.75) is 19.0 Å². The van der Waals surface area contributed by atoms with Crippen LogP contribution in [0.5, 0.6) is 0 Å². The molecule has 0 rings (SSSR count). The first-order chi connectivity index (χ1) is 4.06. The molecule has 0 unspecified atom stereocenters. The number of thiol groups is 1. The van der Waals surface area contributed by atoms with Gasteiger partial charge in [0.15, 0.2) is 0 Å². The zero-order valence-corrected chi connectivity index (χ0v) is 5.41. The van der Waals surface area contributed by atoms with Crippen LogP contribution in [0.25, 0.3) is 0 Å². The van der Waals surface area contributed by atoms with Gasteiger partial charge < -0.3 is 0 Å². The Hall–Kier alpha value is -0.190. The van der Waals surface area contributed by atoms with Crippen molar-refractivity contribution in [3.63, 3.8) is 0 Å². The van der Waals surface area contributed by atoms with E-state index in [1.165, 1.54) is 0 Å². The SMILES string of the molecule is FC(F)(F)CC/C=N/S. The fraction of sp³-hybridized carbons (Fsp3) is 0.750. The summed E-state index contributed by atoms with van der Waals surface area (Å²) in [5, 5.41) is 0. The monoisotopic (exact) mass is 157 g/mol. The van der Waals surface area contributed by atoms with Crippen LogP contribution in [0.3, 0.4) is 0 Å². The Morgan fingerprint density at radius 3 is 2.33 bits per heavy atom. The molecule has 0 radical (unpaired) electrons. The summed E-state index contributed by atoms with van der Waals surface area (Å²) in [7, 11) is 0. The van der Waals surface area contributed by atoms with E-state index in [0.29, 0.717) is 0 Å². The summed E-state index contributed by atoms with van der Waals surface area (Å²) >= 11 is 3.35. The summed E-state index contributed by atoms with van der Waals surface area (Å²) in [6, 6.07) is 0. The van der Waals surface area contributed by atoms with Crippen molar-refractivity contribution in [2.75, 3.05) is 0 Å². The average molecular weight is 157 g/mol. The minimum absolute atomic E-state index is 0.0903. The summed E-state index contributed by atoms with van der Waals surface area (Å²) in [5.74, 6) is 0. The molecule has 0 aromatic rings. The molecule has 5 heteroatoms. The highest BCUT2D eigenvalue weighted by atomic mass is 32.1. The number of hydrogen-bond acceptors (Lipinski definition) is 2. The lowest BCUT2D eigenvalue weighted by molar-refractivity contribution is -0.132. The molecule has 0 saturated carbocycles. The first-order valence-corrected chi connectivity index (χ1v) is 2.69. The van der Waals surface area contributed by atoms with E-state index in [-0.39, 0.29) is 6.42 Å². The number of alkyl halides is 3. The average Bonchev–Trinajstić information content (AvgIpc) is 1.63. The molecular formula is C4H6F3NS. The van der Waals surface area contributed by atoms with E-state index < -0.39 is 12.6 Å². The third-order valence-corrected chi connectivity index (χ3v) is 0.802. The highest BCUT2D eigenvalue weighted by Crippen LogP contribution is 2.20. The predicted octanol–water partition coefficient (Wildman–Crippen LogP) is 2.24. The summed E-state index contributed by atoms with van der Waals surface area (Å²) in [4.78, 5) is 0. The van der Waals surface area contributed by atoms with Gasteiger partial charge in [0.2, 0.25) is 0 Å². The summed E-state index contributed by atoms with van der Waals surface area (Å²) < 4.78 is 37.0. The smallest absolute Gasteiger partial charge is 0.232 e. The second-order valence-corrected chi connectivity index (χ2v) is 1.68. The summed E-state index contributed by atoms with van der Waals surface area (Å²) in [6.07, 6.45) is -3.87. The van der Waals surface area contributed by atoms with Gasteiger partial charge in [-0.1, -0.05) is 0 Å². The van der Waals surface area contributed by atoms with Crippen LogP contribution < -0.4 is 0 Å². The highest BCUT2D eigenvalue weighted by Gasteiger charge is 2.25. The molecule has 0 spiro atoms. The zero-order valence-electron chi connectivity index (χ0n) is 4.52. The fourth-order valence-corrected chi connectivity index (χ4v) is 0.401. The molecule has 0 bridgehead atoms. The molecule has 9 heavy (non-hydrogen) atoms. The maximum Gasteiger partial charge on any atom is 0.389 e. The molecule has 0 amide bonds. The van der Waals surface area contributed by atoms with Gasteiger partial charge in [-0.3, -0.25) is 0 Å². The maximum absolute atomic E-state index is 11.3. The van der Waals surface area contributed by atoms with E-state index in [9.17, 15) is 13.2 Å². The molecule has 1 nitrogen and oxygen atoms in total. The Bertz CT molecular complexity index is 98.5. The van der Waals surface area contributed by atoms with Crippen molar-refractivity contribution >= 4 is 19.0 Å². The lowest BCUT2D eigenvalue weighted by Crippen LogP contribution is -2.06. The van der Waals surface area contributed by atoms with Gasteiger partial charge in [-0.05, 0) is 19.2 Å². The summed E-state index contributed by atoms with van der Waals surface area (Å²) in [6.45, 7) is 0. The molecule has 0 aliphatic rings. The Morgan fingerprint density at radius 1 is 1.44 bits per heavy atom. The van der Waals surface area contributed by atoms with Crippen LogP contribution in [-0.4, -0.2) is 12.4 Å². The highest BCUT2D eigenvalue weighted by molar-refractivity contribution is 7.78. The van der Waals surface area contributed by atoms with Gasteiger partial charge >= 0.3 is 6.18 Å². The molecule has 0 N–H and O–H groups in total. The Kier molecular flexibility index (Phi) is 3.68. The molecule has 0 fully saturated rings. The van der Waals surface area contributed by atoms with Crippen molar-refractivity contribution in [2.24, 2.45) is 4.40 Å². The Morgan fingerprint density at radius 2 is 2.00 bits per heavy atom. The quantitative estimate of drug-likeness (QED) is 0.466. The van der Waals surface area contributed by atoms with Crippen LogP contribution >= 0.6 is 12.8 Å². The van der Waals surface area contributed by atoms with Gasteiger partial charge in [-0.2, -0.15) is 13.2 Å². The van der Waals surface area contributed by atoms with E-state index in [1.807, 2.05) is 0 Å². The largest absolute Gasteiger partial charge is 0.389 e. The van der Waals surface area contributed by atoms with Crippen molar-refractivity contribution in [1.82, 2.24) is 0 Å². The lowest BCUT2D eigenvalue weighted by atomic mass is 10.3. The number of rotatable bonds is 2. The molecule has 0 aromatic heterocycles. The Balaban J connectivity index is 3.28. The van der Waals surface area contributed by atoms with E-state index in [2.05, 4.69) is 17.2 Å². The third kappa shape index (κ3) is 7.81. The first-order valence-electron chi connectivity index (χ1n) is 2.29. The summed E-state index contributed by atoms with van der Waals surface area (Å²) in [5.41, 5.74) is 0. The van der Waals surface area contributed by atoms with Gasteiger partial charge in [0.1, 0.15) is 0 Å². The molecule has 0 heterocycles.